The average molecular weight is 339 g/mol. The number of benzene rings is 1. The molecule has 2 heterocycles. The molecule has 0 bridgehead atoms. The van der Waals surface area contributed by atoms with E-state index in [0.717, 1.165) is 15.6 Å². The summed E-state index contributed by atoms with van der Waals surface area (Å²) < 4.78 is 11.7. The maximum atomic E-state index is 12.5. The van der Waals surface area contributed by atoms with Crippen molar-refractivity contribution in [1.29, 1.82) is 0 Å². The molecule has 1 aliphatic heterocycles. The highest BCUT2D eigenvalue weighted by molar-refractivity contribution is 9.10. The van der Waals surface area contributed by atoms with Gasteiger partial charge in [0.1, 0.15) is 13.2 Å². The molecule has 3 rings (SSSR count). The molecule has 2 aromatic rings. The van der Waals surface area contributed by atoms with Crippen molar-refractivity contribution in [3.8, 4) is 11.5 Å². The molecule has 0 aliphatic carbocycles. The fraction of sp³-hybridized carbons (Fsp3) is 0.214. The first kappa shape index (κ1) is 12.7. The molecule has 3 nitrogen and oxygen atoms in total. The number of rotatable bonds is 2. The van der Waals surface area contributed by atoms with Crippen molar-refractivity contribution < 1.29 is 14.3 Å². The van der Waals surface area contributed by atoms with E-state index in [1.54, 1.807) is 12.1 Å². The van der Waals surface area contributed by atoms with Crippen molar-refractivity contribution >= 4 is 33.0 Å². The van der Waals surface area contributed by atoms with Crippen LogP contribution in [0.25, 0.3) is 0 Å². The van der Waals surface area contributed by atoms with Crippen LogP contribution in [0, 0.1) is 6.92 Å². The van der Waals surface area contributed by atoms with E-state index in [2.05, 4.69) is 15.9 Å². The van der Waals surface area contributed by atoms with E-state index in [4.69, 9.17) is 9.47 Å². The number of carbonyl (C=O) groups excluding carboxylic acids is 1. The Morgan fingerprint density at radius 2 is 1.84 bits per heavy atom. The number of hydrogen-bond acceptors (Lipinski definition) is 4. The summed E-state index contributed by atoms with van der Waals surface area (Å²) in [6.07, 6.45) is 0. The van der Waals surface area contributed by atoms with Gasteiger partial charge in [0, 0.05) is 21.0 Å². The second kappa shape index (κ2) is 4.98. The monoisotopic (exact) mass is 338 g/mol. The van der Waals surface area contributed by atoms with E-state index < -0.39 is 0 Å². The summed E-state index contributed by atoms with van der Waals surface area (Å²) in [7, 11) is 0. The van der Waals surface area contributed by atoms with Gasteiger partial charge in [-0.2, -0.15) is 11.3 Å². The molecule has 0 N–H and O–H groups in total. The number of halogens is 1. The molecule has 1 aromatic carbocycles. The molecule has 0 fully saturated rings. The smallest absolute Gasteiger partial charge is 0.195 e. The largest absolute Gasteiger partial charge is 0.486 e. The van der Waals surface area contributed by atoms with Crippen molar-refractivity contribution in [3.63, 3.8) is 0 Å². The number of fused-ring (bicyclic) bond motifs is 1. The molecule has 0 spiro atoms. The molecule has 0 saturated heterocycles. The predicted octanol–water partition coefficient (Wildman–Crippen LogP) is 3.82. The third-order valence-electron chi connectivity index (χ3n) is 2.98. The van der Waals surface area contributed by atoms with Crippen LogP contribution < -0.4 is 9.47 Å². The lowest BCUT2D eigenvalue weighted by Gasteiger charge is -2.19. The highest BCUT2D eigenvalue weighted by Gasteiger charge is 2.20. The van der Waals surface area contributed by atoms with E-state index in [1.165, 1.54) is 11.3 Å². The number of carbonyl (C=O) groups is 1. The molecule has 98 valence electrons. The molecule has 0 atom stereocenters. The topological polar surface area (TPSA) is 35.5 Å². The highest BCUT2D eigenvalue weighted by Crippen LogP contribution is 2.36. The summed E-state index contributed by atoms with van der Waals surface area (Å²) in [6.45, 7) is 2.99. The van der Waals surface area contributed by atoms with Crippen molar-refractivity contribution in [2.45, 2.75) is 6.92 Å². The average Bonchev–Trinajstić information content (AvgIpc) is 2.83. The van der Waals surface area contributed by atoms with Gasteiger partial charge in [0.25, 0.3) is 0 Å². The number of thiophene rings is 1. The van der Waals surface area contributed by atoms with E-state index >= 15 is 0 Å². The first-order valence-electron chi connectivity index (χ1n) is 5.83. The normalized spacial score (nSPS) is 13.4. The Morgan fingerprint density at radius 1 is 1.16 bits per heavy atom. The van der Waals surface area contributed by atoms with Gasteiger partial charge in [0.05, 0.1) is 0 Å². The summed E-state index contributed by atoms with van der Waals surface area (Å²) in [6, 6.07) is 3.54. The zero-order chi connectivity index (χ0) is 13.4. The van der Waals surface area contributed by atoms with Crippen LogP contribution in [-0.2, 0) is 0 Å². The lowest BCUT2D eigenvalue weighted by Crippen LogP contribution is -2.16. The molecule has 0 saturated carbocycles. The maximum Gasteiger partial charge on any atom is 0.195 e. The fourth-order valence-corrected chi connectivity index (χ4v) is 3.31. The van der Waals surface area contributed by atoms with E-state index in [-0.39, 0.29) is 5.78 Å². The fourth-order valence-electron chi connectivity index (χ4n) is 1.98. The summed E-state index contributed by atoms with van der Waals surface area (Å²) >= 11 is 4.96. The Morgan fingerprint density at radius 3 is 2.47 bits per heavy atom. The zero-order valence-corrected chi connectivity index (χ0v) is 12.6. The number of ketones is 1. The summed E-state index contributed by atoms with van der Waals surface area (Å²) in [5, 5.41) is 3.85. The lowest BCUT2D eigenvalue weighted by molar-refractivity contribution is 0.103. The van der Waals surface area contributed by atoms with Crippen LogP contribution in [0.2, 0.25) is 0 Å². The first-order valence-corrected chi connectivity index (χ1v) is 7.57. The Balaban J connectivity index is 2.06. The van der Waals surface area contributed by atoms with Gasteiger partial charge < -0.3 is 9.47 Å². The van der Waals surface area contributed by atoms with Crippen LogP contribution in [0.1, 0.15) is 21.5 Å². The standard InChI is InChI=1S/C14H11BrO3S/c1-8-6-19-7-10(8)14(16)9-4-12-13(5-11(9)15)18-3-2-17-12/h4-7H,2-3H2,1H3. The van der Waals surface area contributed by atoms with Crippen LogP contribution in [-0.4, -0.2) is 19.0 Å². The molecule has 19 heavy (non-hydrogen) atoms. The maximum absolute atomic E-state index is 12.5. The number of ether oxygens (including phenoxy) is 2. The Kier molecular flexibility index (Phi) is 3.33. The van der Waals surface area contributed by atoms with E-state index in [9.17, 15) is 4.79 Å². The van der Waals surface area contributed by atoms with Crippen LogP contribution in [0.4, 0.5) is 0 Å². The van der Waals surface area contributed by atoms with Crippen LogP contribution in [0.15, 0.2) is 27.4 Å². The third kappa shape index (κ3) is 2.28. The van der Waals surface area contributed by atoms with Crippen molar-refractivity contribution in [2.24, 2.45) is 0 Å². The molecule has 1 aromatic heterocycles. The molecule has 0 unspecified atom stereocenters. The van der Waals surface area contributed by atoms with Gasteiger partial charge >= 0.3 is 0 Å². The van der Waals surface area contributed by atoms with E-state index in [1.807, 2.05) is 17.7 Å². The Labute approximate surface area is 123 Å². The van der Waals surface area contributed by atoms with Crippen molar-refractivity contribution in [1.82, 2.24) is 0 Å². The quantitative estimate of drug-likeness (QED) is 0.781. The van der Waals surface area contributed by atoms with Gasteiger partial charge in [-0.15, -0.1) is 0 Å². The van der Waals surface area contributed by atoms with Gasteiger partial charge in [0.15, 0.2) is 17.3 Å². The summed E-state index contributed by atoms with van der Waals surface area (Å²) in [4.78, 5) is 12.5. The first-order chi connectivity index (χ1) is 9.16. The van der Waals surface area contributed by atoms with Crippen molar-refractivity contribution in [2.75, 3.05) is 13.2 Å². The highest BCUT2D eigenvalue weighted by atomic mass is 79.9. The van der Waals surface area contributed by atoms with Gasteiger partial charge in [-0.3, -0.25) is 4.79 Å². The molecule has 0 amide bonds. The molecule has 1 aliphatic rings. The van der Waals surface area contributed by atoms with Crippen LogP contribution >= 0.6 is 27.3 Å². The Bertz CT molecular complexity index is 648. The van der Waals surface area contributed by atoms with Crippen LogP contribution in [0.5, 0.6) is 11.5 Å². The molecule has 5 heteroatoms. The van der Waals surface area contributed by atoms with Crippen molar-refractivity contribution in [3.05, 3.63) is 44.1 Å². The SMILES string of the molecule is Cc1cscc1C(=O)c1cc2c(cc1Br)OCCO2. The second-order valence-corrected chi connectivity index (χ2v) is 5.87. The zero-order valence-electron chi connectivity index (χ0n) is 10.2. The number of hydrogen-bond donors (Lipinski definition) is 0. The van der Waals surface area contributed by atoms with Gasteiger partial charge in [-0.25, -0.2) is 0 Å². The number of aryl methyl sites for hydroxylation is 1. The summed E-state index contributed by atoms with van der Waals surface area (Å²) in [5.74, 6) is 1.31. The predicted molar refractivity (Wildman–Crippen MR) is 77.6 cm³/mol. The minimum Gasteiger partial charge on any atom is -0.486 e. The van der Waals surface area contributed by atoms with Gasteiger partial charge in [0.2, 0.25) is 0 Å². The summed E-state index contributed by atoms with van der Waals surface area (Å²) in [5.41, 5.74) is 2.34. The Hall–Kier alpha value is -1.33. The molecular formula is C14H11BrO3S. The van der Waals surface area contributed by atoms with Gasteiger partial charge in [-0.05, 0) is 45.9 Å². The second-order valence-electron chi connectivity index (χ2n) is 4.27. The lowest BCUT2D eigenvalue weighted by atomic mass is 10.0. The minimum absolute atomic E-state index is 0.00241. The molecular weight excluding hydrogens is 328 g/mol. The minimum atomic E-state index is 0.00241. The van der Waals surface area contributed by atoms with Crippen LogP contribution in [0.3, 0.4) is 0 Å². The van der Waals surface area contributed by atoms with Gasteiger partial charge in [-0.1, -0.05) is 0 Å². The third-order valence-corrected chi connectivity index (χ3v) is 4.49. The molecule has 0 radical (unpaired) electrons. The van der Waals surface area contributed by atoms with E-state index in [0.29, 0.717) is 30.3 Å².